The number of likely N-dealkylation sites (tertiary alicyclic amines) is 1. The molecule has 1 amide bonds. The second-order valence-corrected chi connectivity index (χ2v) is 8.04. The summed E-state index contributed by atoms with van der Waals surface area (Å²) in [5, 5.41) is 10.2. The number of carbonyl (C=O) groups is 1. The van der Waals surface area contributed by atoms with Crippen molar-refractivity contribution < 1.29 is 14.3 Å². The first-order valence-corrected chi connectivity index (χ1v) is 10.2. The summed E-state index contributed by atoms with van der Waals surface area (Å²) >= 11 is 0. The summed E-state index contributed by atoms with van der Waals surface area (Å²) in [5.74, 6) is 1.73. The van der Waals surface area contributed by atoms with Crippen LogP contribution >= 0.6 is 24.0 Å². The van der Waals surface area contributed by atoms with Crippen molar-refractivity contribution >= 4 is 36.0 Å². The normalized spacial score (nSPS) is 15.5. The van der Waals surface area contributed by atoms with E-state index in [-0.39, 0.29) is 36.2 Å². The number of alkyl carbamates (subject to hydrolysis) is 1. The molecule has 0 spiro atoms. The van der Waals surface area contributed by atoms with Crippen molar-refractivity contribution in [1.29, 1.82) is 0 Å². The summed E-state index contributed by atoms with van der Waals surface area (Å²) < 4.78 is 12.9. The first-order chi connectivity index (χ1) is 13.8. The average molecular weight is 537 g/mol. The van der Waals surface area contributed by atoms with Crippen LogP contribution in [0.15, 0.2) is 11.3 Å². The van der Waals surface area contributed by atoms with Gasteiger partial charge in [-0.05, 0) is 40.0 Å². The van der Waals surface area contributed by atoms with Gasteiger partial charge in [-0.15, -0.1) is 24.0 Å². The van der Waals surface area contributed by atoms with Gasteiger partial charge in [0.05, 0.1) is 12.6 Å². The third-order valence-electron chi connectivity index (χ3n) is 4.51. The Bertz CT molecular complexity index is 667. The molecule has 0 radical (unpaired) electrons. The largest absolute Gasteiger partial charge is 0.444 e. The quantitative estimate of drug-likeness (QED) is 0.237. The fraction of sp³-hybridized carbons (Fsp3) is 0.789. The summed E-state index contributed by atoms with van der Waals surface area (Å²) in [6.45, 7) is 9.08. The van der Waals surface area contributed by atoms with Gasteiger partial charge in [-0.3, -0.25) is 9.67 Å². The summed E-state index contributed by atoms with van der Waals surface area (Å²) in [4.78, 5) is 22.4. The van der Waals surface area contributed by atoms with Crippen LogP contribution in [0.3, 0.4) is 0 Å². The Hall–Kier alpha value is -1.63. The van der Waals surface area contributed by atoms with Gasteiger partial charge in [-0.1, -0.05) is 0 Å². The first-order valence-electron chi connectivity index (χ1n) is 10.2. The molecule has 0 atom stereocenters. The lowest BCUT2D eigenvalue weighted by Crippen LogP contribution is -2.47. The molecule has 1 aromatic rings. The van der Waals surface area contributed by atoms with Crippen molar-refractivity contribution in [3.05, 3.63) is 12.2 Å². The van der Waals surface area contributed by atoms with Crippen LogP contribution in [-0.2, 0) is 23.1 Å². The number of aryl methyl sites for hydroxylation is 1. The summed E-state index contributed by atoms with van der Waals surface area (Å²) in [6.07, 6.45) is 4.07. The van der Waals surface area contributed by atoms with E-state index in [9.17, 15) is 4.79 Å². The van der Waals surface area contributed by atoms with Gasteiger partial charge in [0.1, 0.15) is 17.8 Å². The topological polar surface area (TPSA) is 106 Å². The number of piperidine rings is 1. The molecule has 2 rings (SSSR count). The fourth-order valence-corrected chi connectivity index (χ4v) is 3.03. The van der Waals surface area contributed by atoms with Gasteiger partial charge in [0.25, 0.3) is 0 Å². The Labute approximate surface area is 196 Å². The van der Waals surface area contributed by atoms with E-state index in [1.54, 1.807) is 18.1 Å². The van der Waals surface area contributed by atoms with Crippen LogP contribution < -0.4 is 10.6 Å². The number of nitrogens with one attached hydrogen (secondary N) is 2. The molecule has 1 fully saturated rings. The van der Waals surface area contributed by atoms with Crippen molar-refractivity contribution in [1.82, 2.24) is 30.3 Å². The summed E-state index contributed by atoms with van der Waals surface area (Å²) in [5.41, 5.74) is -0.474. The fourth-order valence-electron chi connectivity index (χ4n) is 3.03. The number of nitrogens with zero attached hydrogens (tertiary/aromatic N) is 5. The van der Waals surface area contributed by atoms with Crippen molar-refractivity contribution in [2.75, 3.05) is 33.3 Å². The van der Waals surface area contributed by atoms with Crippen LogP contribution in [0.2, 0.25) is 0 Å². The third kappa shape index (κ3) is 9.45. The highest BCUT2D eigenvalue weighted by Crippen LogP contribution is 2.14. The predicted molar refractivity (Wildman–Crippen MR) is 126 cm³/mol. The molecule has 2 N–H and O–H groups in total. The monoisotopic (exact) mass is 537 g/mol. The molecule has 10 nitrogen and oxygen atoms in total. The Morgan fingerprint density at radius 3 is 2.57 bits per heavy atom. The molecule has 0 unspecified atom stereocenters. The number of hydrogen-bond donors (Lipinski definition) is 2. The zero-order chi connectivity index (χ0) is 21.3. The third-order valence-corrected chi connectivity index (χ3v) is 4.51. The van der Waals surface area contributed by atoms with E-state index in [4.69, 9.17) is 9.47 Å². The number of aliphatic imine (C=N–C) groups is 1. The number of guanidine groups is 1. The number of hydrogen-bond acceptors (Lipinski definition) is 6. The van der Waals surface area contributed by atoms with Crippen LogP contribution in [0.25, 0.3) is 0 Å². The van der Waals surface area contributed by atoms with Gasteiger partial charge in [-0.25, -0.2) is 9.78 Å². The average Bonchev–Trinajstić information content (AvgIpc) is 3.06. The zero-order valence-electron chi connectivity index (χ0n) is 18.7. The highest BCUT2D eigenvalue weighted by molar-refractivity contribution is 14.0. The molecule has 0 aromatic carbocycles. The van der Waals surface area contributed by atoms with Gasteiger partial charge in [0.2, 0.25) is 0 Å². The highest BCUT2D eigenvalue weighted by Gasteiger charge is 2.22. The number of aromatic nitrogens is 3. The van der Waals surface area contributed by atoms with Crippen molar-refractivity contribution in [3.8, 4) is 0 Å². The highest BCUT2D eigenvalue weighted by atomic mass is 127. The number of carbonyl (C=O) groups excluding carboxylic acids is 1. The van der Waals surface area contributed by atoms with Crippen LogP contribution in [0.1, 0.15) is 45.9 Å². The van der Waals surface area contributed by atoms with E-state index in [0.29, 0.717) is 19.7 Å². The van der Waals surface area contributed by atoms with E-state index in [1.165, 1.54) is 0 Å². The van der Waals surface area contributed by atoms with E-state index in [0.717, 1.165) is 44.1 Å². The predicted octanol–water partition coefficient (Wildman–Crippen LogP) is 1.90. The molecule has 30 heavy (non-hydrogen) atoms. The maximum atomic E-state index is 11.6. The van der Waals surface area contributed by atoms with Crippen molar-refractivity contribution in [2.45, 2.75) is 58.3 Å². The molecular formula is C19H36IN7O3. The lowest BCUT2D eigenvalue weighted by molar-refractivity contribution is 0.0170. The Morgan fingerprint density at radius 2 is 2.00 bits per heavy atom. The van der Waals surface area contributed by atoms with E-state index < -0.39 is 5.60 Å². The van der Waals surface area contributed by atoms with Crippen molar-refractivity contribution in [3.63, 3.8) is 0 Å². The molecule has 1 aliphatic rings. The molecule has 2 heterocycles. The molecule has 11 heteroatoms. The van der Waals surface area contributed by atoms with Crippen LogP contribution in [-0.4, -0.2) is 76.7 Å². The van der Waals surface area contributed by atoms with Gasteiger partial charge < -0.3 is 25.0 Å². The molecule has 1 aliphatic heterocycles. The lowest BCUT2D eigenvalue weighted by atomic mass is 10.1. The Kier molecular flexibility index (Phi) is 11.4. The van der Waals surface area contributed by atoms with E-state index >= 15 is 0 Å². The van der Waals surface area contributed by atoms with Gasteiger partial charge in [0, 0.05) is 40.3 Å². The number of rotatable bonds is 7. The summed E-state index contributed by atoms with van der Waals surface area (Å²) in [6, 6.07) is 0. The van der Waals surface area contributed by atoms with E-state index in [2.05, 4.69) is 30.6 Å². The number of ether oxygens (including phenoxy) is 2. The molecule has 0 saturated carbocycles. The minimum absolute atomic E-state index is 0. The standard InChI is InChI=1S/C19H35N7O3.HI/c1-19(2,3)29-18(27)21-9-6-12-28-15-7-10-26(11-8-15)17(20-4)22-13-16-23-14-24-25(16)5;/h14-15H,6-13H2,1-5H3,(H,20,22)(H,21,27);1H. The Balaban J connectivity index is 0.00000450. The second-order valence-electron chi connectivity index (χ2n) is 8.04. The second kappa shape index (κ2) is 12.9. The number of amides is 1. The molecule has 0 aliphatic carbocycles. The molecule has 1 aromatic heterocycles. The van der Waals surface area contributed by atoms with E-state index in [1.807, 2.05) is 27.8 Å². The Morgan fingerprint density at radius 1 is 1.30 bits per heavy atom. The molecular weight excluding hydrogens is 501 g/mol. The van der Waals surface area contributed by atoms with Crippen LogP contribution in [0, 0.1) is 0 Å². The maximum absolute atomic E-state index is 11.6. The van der Waals surface area contributed by atoms with Gasteiger partial charge in [-0.2, -0.15) is 5.10 Å². The molecule has 0 bridgehead atoms. The number of halogens is 1. The first kappa shape index (κ1) is 26.4. The van der Waals surface area contributed by atoms with Gasteiger partial charge >= 0.3 is 6.09 Å². The zero-order valence-corrected chi connectivity index (χ0v) is 21.0. The van der Waals surface area contributed by atoms with Gasteiger partial charge in [0.15, 0.2) is 5.96 Å². The van der Waals surface area contributed by atoms with Crippen LogP contribution in [0.4, 0.5) is 4.79 Å². The molecule has 1 saturated heterocycles. The molecule has 172 valence electrons. The minimum Gasteiger partial charge on any atom is -0.444 e. The van der Waals surface area contributed by atoms with Crippen LogP contribution in [0.5, 0.6) is 0 Å². The minimum atomic E-state index is -0.474. The SMILES string of the molecule is CN=C(NCc1ncnn1C)N1CCC(OCCCNC(=O)OC(C)(C)C)CC1.I. The summed E-state index contributed by atoms with van der Waals surface area (Å²) in [7, 11) is 3.66. The lowest BCUT2D eigenvalue weighted by Gasteiger charge is -2.34. The smallest absolute Gasteiger partial charge is 0.407 e. The maximum Gasteiger partial charge on any atom is 0.407 e. The van der Waals surface area contributed by atoms with Crippen molar-refractivity contribution in [2.24, 2.45) is 12.0 Å².